The molecule has 0 radical (unpaired) electrons. The third-order valence-electron chi connectivity index (χ3n) is 2.74. The minimum Gasteiger partial charge on any atom is -0.485 e. The number of aryl methyl sites for hydroxylation is 1. The molecule has 0 unspecified atom stereocenters. The van der Waals surface area contributed by atoms with E-state index in [1.807, 2.05) is 32.8 Å². The fourth-order valence-corrected chi connectivity index (χ4v) is 1.65. The van der Waals surface area contributed by atoms with E-state index in [0.29, 0.717) is 23.2 Å². The Kier molecular flexibility index (Phi) is 5.20. The molecule has 106 valence electrons. The predicted molar refractivity (Wildman–Crippen MR) is 79.7 cm³/mol. The summed E-state index contributed by atoms with van der Waals surface area (Å²) in [7, 11) is 3.94. The van der Waals surface area contributed by atoms with Gasteiger partial charge in [-0.05, 0) is 47.1 Å². The Balaban J connectivity index is 2.84. The molecule has 1 heterocycles. The first-order valence-corrected chi connectivity index (χ1v) is 6.54. The minimum absolute atomic E-state index is 0.174. The molecule has 0 aliphatic rings. The fourth-order valence-electron chi connectivity index (χ4n) is 1.47. The smallest absolute Gasteiger partial charge is 0.251 e. The van der Waals surface area contributed by atoms with E-state index in [4.69, 9.17) is 17.0 Å². The number of aromatic amines is 1. The molecule has 0 aliphatic carbocycles. The van der Waals surface area contributed by atoms with E-state index in [0.717, 1.165) is 6.54 Å². The molecule has 1 rings (SSSR count). The molecule has 0 spiro atoms. The molecular formula is C13H21N3O2S. The lowest BCUT2D eigenvalue weighted by Gasteiger charge is -2.25. The lowest BCUT2D eigenvalue weighted by atomic mass is 9.93. The van der Waals surface area contributed by atoms with Crippen LogP contribution in [0.25, 0.3) is 0 Å². The third kappa shape index (κ3) is 4.40. The Morgan fingerprint density at radius 2 is 2.16 bits per heavy atom. The molecule has 0 fully saturated rings. The second kappa shape index (κ2) is 6.25. The van der Waals surface area contributed by atoms with Gasteiger partial charge in [0.25, 0.3) is 5.56 Å². The van der Waals surface area contributed by atoms with Gasteiger partial charge >= 0.3 is 0 Å². The van der Waals surface area contributed by atoms with Crippen LogP contribution in [0.4, 0.5) is 0 Å². The summed E-state index contributed by atoms with van der Waals surface area (Å²) in [6, 6.07) is 1.45. The highest BCUT2D eigenvalue weighted by molar-refractivity contribution is 7.80. The molecule has 0 aromatic carbocycles. The van der Waals surface area contributed by atoms with Crippen LogP contribution in [0.15, 0.2) is 10.9 Å². The van der Waals surface area contributed by atoms with E-state index in [1.165, 1.54) is 6.07 Å². The molecule has 19 heavy (non-hydrogen) atoms. The molecule has 0 aliphatic heterocycles. The summed E-state index contributed by atoms with van der Waals surface area (Å²) in [5.74, 6) is 0.535. The van der Waals surface area contributed by atoms with Gasteiger partial charge in [0.1, 0.15) is 12.4 Å². The number of H-pyrrole nitrogens is 1. The van der Waals surface area contributed by atoms with Crippen LogP contribution in [0.3, 0.4) is 0 Å². The van der Waals surface area contributed by atoms with Gasteiger partial charge in [0.2, 0.25) is 0 Å². The largest absolute Gasteiger partial charge is 0.485 e. The summed E-state index contributed by atoms with van der Waals surface area (Å²) < 4.78 is 5.58. The minimum atomic E-state index is -0.604. The van der Waals surface area contributed by atoms with Crippen molar-refractivity contribution in [3.8, 4) is 0 Å². The lowest BCUT2D eigenvalue weighted by molar-refractivity contribution is 0.240. The van der Waals surface area contributed by atoms with Crippen LogP contribution < -0.4 is 5.56 Å². The summed E-state index contributed by atoms with van der Waals surface area (Å²) in [4.78, 5) is 20.6. The maximum atomic E-state index is 11.5. The zero-order valence-electron chi connectivity index (χ0n) is 12.1. The number of nitrogens with one attached hydrogen (secondary N) is 1. The van der Waals surface area contributed by atoms with Gasteiger partial charge in [0.15, 0.2) is 5.05 Å². The molecule has 1 N–H and O–H groups in total. The average molecular weight is 283 g/mol. The predicted octanol–water partition coefficient (Wildman–Crippen LogP) is 1.26. The lowest BCUT2D eigenvalue weighted by Crippen LogP contribution is -2.35. The first kappa shape index (κ1) is 15.8. The average Bonchev–Trinajstić information content (AvgIpc) is 2.26. The highest BCUT2D eigenvalue weighted by atomic mass is 32.1. The Morgan fingerprint density at radius 3 is 2.68 bits per heavy atom. The number of thiocarbonyl (C=S) groups is 1. The van der Waals surface area contributed by atoms with E-state index in [9.17, 15) is 4.79 Å². The molecule has 5 nitrogen and oxygen atoms in total. The molecule has 6 heteroatoms. The Labute approximate surface area is 119 Å². The zero-order valence-corrected chi connectivity index (χ0v) is 12.9. The van der Waals surface area contributed by atoms with E-state index < -0.39 is 5.41 Å². The molecule has 0 atom stereocenters. The number of rotatable bonds is 5. The Hall–Kier alpha value is -1.27. The van der Waals surface area contributed by atoms with Gasteiger partial charge in [-0.1, -0.05) is 0 Å². The summed E-state index contributed by atoms with van der Waals surface area (Å²) in [6.07, 6.45) is 0. The second-order valence-electron chi connectivity index (χ2n) is 5.30. The van der Waals surface area contributed by atoms with Crippen molar-refractivity contribution in [1.29, 1.82) is 0 Å². The number of nitrogens with zero attached hydrogens (tertiary/aromatic N) is 2. The van der Waals surface area contributed by atoms with Gasteiger partial charge in [-0.2, -0.15) is 0 Å². The molecule has 1 aromatic rings. The van der Waals surface area contributed by atoms with Crippen LogP contribution >= 0.6 is 12.2 Å². The molecule has 0 saturated carbocycles. The standard InChI is InChI=1S/C13H21N3O2S/c1-9-8-10(17)15-11(14-9)13(2,3)12(19)18-7-6-16(4)5/h8H,6-7H2,1-5H3,(H,14,15,17). The van der Waals surface area contributed by atoms with Gasteiger partial charge < -0.3 is 14.6 Å². The van der Waals surface area contributed by atoms with E-state index in [-0.39, 0.29) is 5.56 Å². The van der Waals surface area contributed by atoms with Crippen LogP contribution in [-0.2, 0) is 10.2 Å². The molecule has 0 amide bonds. The fraction of sp³-hybridized carbons (Fsp3) is 0.615. The van der Waals surface area contributed by atoms with Gasteiger partial charge in [-0.3, -0.25) is 4.79 Å². The Bertz CT molecular complexity index is 509. The quantitative estimate of drug-likeness (QED) is 0.825. The van der Waals surface area contributed by atoms with Crippen molar-refractivity contribution in [2.24, 2.45) is 0 Å². The molecule has 0 bridgehead atoms. The first-order valence-electron chi connectivity index (χ1n) is 6.14. The highest BCUT2D eigenvalue weighted by Gasteiger charge is 2.30. The number of hydrogen-bond acceptors (Lipinski definition) is 5. The van der Waals surface area contributed by atoms with E-state index in [2.05, 4.69) is 9.97 Å². The van der Waals surface area contributed by atoms with Gasteiger partial charge in [-0.15, -0.1) is 0 Å². The second-order valence-corrected chi connectivity index (χ2v) is 5.67. The van der Waals surface area contributed by atoms with Crippen molar-refractivity contribution in [1.82, 2.24) is 14.9 Å². The highest BCUT2D eigenvalue weighted by Crippen LogP contribution is 2.21. The van der Waals surface area contributed by atoms with Crippen molar-refractivity contribution in [3.63, 3.8) is 0 Å². The molecule has 1 aromatic heterocycles. The van der Waals surface area contributed by atoms with Crippen LogP contribution in [0.2, 0.25) is 0 Å². The number of ether oxygens (including phenoxy) is 1. The van der Waals surface area contributed by atoms with Crippen molar-refractivity contribution in [2.75, 3.05) is 27.2 Å². The number of aromatic nitrogens is 2. The van der Waals surface area contributed by atoms with Gasteiger partial charge in [0.05, 0.1) is 5.41 Å². The van der Waals surface area contributed by atoms with Crippen molar-refractivity contribution >= 4 is 17.3 Å². The first-order chi connectivity index (χ1) is 8.73. The molecule has 0 saturated heterocycles. The zero-order chi connectivity index (χ0) is 14.6. The van der Waals surface area contributed by atoms with E-state index >= 15 is 0 Å². The van der Waals surface area contributed by atoms with Crippen LogP contribution in [0, 0.1) is 6.92 Å². The van der Waals surface area contributed by atoms with Crippen LogP contribution in [0.5, 0.6) is 0 Å². The van der Waals surface area contributed by atoms with E-state index in [1.54, 1.807) is 6.92 Å². The normalized spacial score (nSPS) is 11.7. The summed E-state index contributed by atoms with van der Waals surface area (Å²) >= 11 is 5.31. The van der Waals surface area contributed by atoms with Crippen molar-refractivity contribution in [2.45, 2.75) is 26.2 Å². The molecular weight excluding hydrogens is 262 g/mol. The maximum absolute atomic E-state index is 11.5. The van der Waals surface area contributed by atoms with Gasteiger partial charge in [-0.25, -0.2) is 4.98 Å². The monoisotopic (exact) mass is 283 g/mol. The number of likely N-dealkylation sites (N-methyl/N-ethyl adjacent to an activating group) is 1. The van der Waals surface area contributed by atoms with Crippen LogP contribution in [0.1, 0.15) is 25.4 Å². The summed E-state index contributed by atoms with van der Waals surface area (Å²) in [5.41, 5.74) is -0.109. The maximum Gasteiger partial charge on any atom is 0.251 e. The van der Waals surface area contributed by atoms with Crippen LogP contribution in [-0.4, -0.2) is 47.2 Å². The van der Waals surface area contributed by atoms with Crippen molar-refractivity contribution < 1.29 is 4.74 Å². The topological polar surface area (TPSA) is 58.2 Å². The van der Waals surface area contributed by atoms with Crippen molar-refractivity contribution in [3.05, 3.63) is 27.9 Å². The summed E-state index contributed by atoms with van der Waals surface area (Å²) in [6.45, 7) is 6.87. The number of hydrogen-bond donors (Lipinski definition) is 1. The third-order valence-corrected chi connectivity index (χ3v) is 3.37. The Morgan fingerprint density at radius 1 is 1.53 bits per heavy atom. The van der Waals surface area contributed by atoms with Gasteiger partial charge in [0, 0.05) is 18.3 Å². The summed E-state index contributed by atoms with van der Waals surface area (Å²) in [5, 5.41) is 0.433. The SMILES string of the molecule is Cc1cc(=O)[nH]c(C(C)(C)C(=S)OCCN(C)C)n1.